The minimum Gasteiger partial charge on any atom is -0.476 e. The highest BCUT2D eigenvalue weighted by molar-refractivity contribution is 6.69. The van der Waals surface area contributed by atoms with Crippen LogP contribution in [0.4, 0.5) is 5.69 Å². The van der Waals surface area contributed by atoms with Crippen LogP contribution in [0.15, 0.2) is 29.3 Å². The molecular weight excluding hydrogens is 182 g/mol. The zero-order valence-corrected chi connectivity index (χ0v) is 7.01. The van der Waals surface area contributed by atoms with Gasteiger partial charge in [-0.3, -0.25) is 0 Å². The van der Waals surface area contributed by atoms with Gasteiger partial charge < -0.3 is 10.6 Å². The van der Waals surface area contributed by atoms with Gasteiger partial charge in [-0.2, -0.15) is 4.79 Å². The highest BCUT2D eigenvalue weighted by Crippen LogP contribution is 2.25. The van der Waals surface area contributed by atoms with E-state index in [1.54, 1.807) is 24.3 Å². The van der Waals surface area contributed by atoms with Gasteiger partial charge in [0.2, 0.25) is 5.71 Å². The van der Waals surface area contributed by atoms with E-state index in [1.165, 1.54) is 0 Å². The minimum atomic E-state index is -1.20. The van der Waals surface area contributed by atoms with Crippen molar-refractivity contribution < 1.29 is 14.7 Å². The van der Waals surface area contributed by atoms with Crippen molar-refractivity contribution in [1.82, 2.24) is 0 Å². The van der Waals surface area contributed by atoms with Gasteiger partial charge in [0, 0.05) is 0 Å². The number of fused-ring (bicyclic) bond motifs is 1. The zero-order valence-electron chi connectivity index (χ0n) is 7.01. The van der Waals surface area contributed by atoms with Crippen LogP contribution in [0.25, 0.3) is 5.53 Å². The average molecular weight is 187 g/mol. The molecule has 5 heteroatoms. The summed E-state index contributed by atoms with van der Waals surface area (Å²) in [5.74, 6) is -1.20. The van der Waals surface area contributed by atoms with E-state index in [0.29, 0.717) is 11.3 Å². The molecule has 1 aliphatic rings. The molecule has 0 unspecified atom stereocenters. The van der Waals surface area contributed by atoms with Crippen molar-refractivity contribution >= 4 is 23.1 Å². The zero-order chi connectivity index (χ0) is 10.1. The molecule has 1 aliphatic heterocycles. The van der Waals surface area contributed by atoms with E-state index < -0.39 is 5.97 Å². The maximum absolute atomic E-state index is 10.7. The number of rotatable bonds is 1. The molecule has 0 amide bonds. The van der Waals surface area contributed by atoms with E-state index in [4.69, 9.17) is 10.6 Å². The van der Waals surface area contributed by atoms with Crippen LogP contribution in [-0.2, 0) is 4.79 Å². The molecule has 0 atom stereocenters. The van der Waals surface area contributed by atoms with Crippen LogP contribution >= 0.6 is 0 Å². The van der Waals surface area contributed by atoms with Crippen molar-refractivity contribution in [3.05, 3.63) is 35.4 Å². The molecule has 14 heavy (non-hydrogen) atoms. The maximum Gasteiger partial charge on any atom is 0.362 e. The number of aliphatic carboxylic acids is 1. The molecule has 1 aromatic carbocycles. The molecule has 0 spiro atoms. The molecule has 0 fully saturated rings. The first-order valence-corrected chi connectivity index (χ1v) is 3.88. The fraction of sp³-hybridized carbons (Fsp3) is 0. The fourth-order valence-corrected chi connectivity index (χ4v) is 1.32. The molecule has 0 aliphatic carbocycles. The molecule has 0 saturated carbocycles. The first kappa shape index (κ1) is 8.34. The molecule has 0 saturated heterocycles. The van der Waals surface area contributed by atoms with Crippen molar-refractivity contribution in [2.45, 2.75) is 0 Å². The lowest BCUT2D eigenvalue weighted by Crippen LogP contribution is -2.21. The quantitative estimate of drug-likeness (QED) is 0.522. The standard InChI is InChI=1S/C9H5N3O2/c10-12-7-5-3-1-2-4-6(5)11-8(7)9(13)14/h1-4H,(H,13,14). The van der Waals surface area contributed by atoms with Crippen molar-refractivity contribution in [2.24, 2.45) is 4.99 Å². The summed E-state index contributed by atoms with van der Waals surface area (Å²) in [7, 11) is 0. The highest BCUT2D eigenvalue weighted by Gasteiger charge is 2.34. The maximum atomic E-state index is 10.7. The molecular formula is C9H5N3O2. The number of benzene rings is 1. The smallest absolute Gasteiger partial charge is 0.362 e. The molecule has 0 bridgehead atoms. The van der Waals surface area contributed by atoms with Crippen LogP contribution in [0, 0.1) is 0 Å². The Morgan fingerprint density at radius 2 is 2.14 bits per heavy atom. The molecule has 1 N–H and O–H groups in total. The highest BCUT2D eigenvalue weighted by atomic mass is 16.4. The van der Waals surface area contributed by atoms with E-state index in [-0.39, 0.29) is 11.4 Å². The molecule has 2 rings (SSSR count). The van der Waals surface area contributed by atoms with Gasteiger partial charge in [0.05, 0.1) is 11.3 Å². The Hall–Kier alpha value is -2.26. The number of aliphatic imine (C=N–C) groups is 1. The van der Waals surface area contributed by atoms with Crippen LogP contribution in [0.3, 0.4) is 0 Å². The van der Waals surface area contributed by atoms with Crippen LogP contribution in [-0.4, -0.2) is 27.3 Å². The predicted molar refractivity (Wildman–Crippen MR) is 48.9 cm³/mol. The Balaban J connectivity index is 2.67. The molecule has 5 nitrogen and oxygen atoms in total. The van der Waals surface area contributed by atoms with Crippen molar-refractivity contribution in [3.8, 4) is 0 Å². The summed E-state index contributed by atoms with van der Waals surface area (Å²) in [6, 6.07) is 6.78. The Kier molecular flexibility index (Phi) is 1.73. The SMILES string of the molecule is [N-]=[N+]=C1C(C(=O)O)=Nc2ccccc21. The van der Waals surface area contributed by atoms with Gasteiger partial charge in [-0.1, -0.05) is 12.1 Å². The first-order chi connectivity index (χ1) is 6.74. The predicted octanol–water partition coefficient (Wildman–Crippen LogP) is 0.876. The number of nitrogens with zero attached hydrogens (tertiary/aromatic N) is 3. The van der Waals surface area contributed by atoms with Crippen LogP contribution < -0.4 is 0 Å². The lowest BCUT2D eigenvalue weighted by atomic mass is 10.1. The Morgan fingerprint density at radius 1 is 1.43 bits per heavy atom. The fourth-order valence-electron chi connectivity index (χ4n) is 1.32. The summed E-state index contributed by atoms with van der Waals surface area (Å²) in [5.41, 5.74) is 9.50. The number of carboxylic acid groups (broad SMARTS) is 1. The van der Waals surface area contributed by atoms with E-state index in [2.05, 4.69) is 9.78 Å². The van der Waals surface area contributed by atoms with Crippen LogP contribution in [0.2, 0.25) is 0 Å². The van der Waals surface area contributed by atoms with Crippen molar-refractivity contribution in [3.63, 3.8) is 0 Å². The molecule has 68 valence electrons. The number of carbonyl (C=O) groups is 1. The third kappa shape index (κ3) is 1.04. The monoisotopic (exact) mass is 187 g/mol. The van der Waals surface area contributed by atoms with Gasteiger partial charge >= 0.3 is 11.7 Å². The first-order valence-electron chi connectivity index (χ1n) is 3.88. The number of para-hydroxylation sites is 1. The van der Waals surface area contributed by atoms with E-state index in [9.17, 15) is 4.79 Å². The summed E-state index contributed by atoms with van der Waals surface area (Å²) in [6.45, 7) is 0. The lowest BCUT2D eigenvalue weighted by molar-refractivity contribution is -0.129. The van der Waals surface area contributed by atoms with Gasteiger partial charge in [-0.25, -0.2) is 9.79 Å². The Morgan fingerprint density at radius 3 is 2.79 bits per heavy atom. The summed E-state index contributed by atoms with van der Waals surface area (Å²) < 4.78 is 0. The van der Waals surface area contributed by atoms with Crippen LogP contribution in [0.5, 0.6) is 0 Å². The van der Waals surface area contributed by atoms with E-state index in [1.807, 2.05) is 0 Å². The largest absolute Gasteiger partial charge is 0.476 e. The molecule has 0 aromatic heterocycles. The van der Waals surface area contributed by atoms with Gasteiger partial charge in [-0.05, 0) is 12.1 Å². The van der Waals surface area contributed by atoms with Crippen molar-refractivity contribution in [1.29, 1.82) is 0 Å². The number of hydrogen-bond acceptors (Lipinski definition) is 2. The topological polar surface area (TPSA) is 86.1 Å². The summed E-state index contributed by atoms with van der Waals surface area (Å²) >= 11 is 0. The lowest BCUT2D eigenvalue weighted by Gasteiger charge is -1.88. The molecule has 0 radical (unpaired) electrons. The summed E-state index contributed by atoms with van der Waals surface area (Å²) in [4.78, 5) is 17.5. The van der Waals surface area contributed by atoms with Crippen molar-refractivity contribution in [2.75, 3.05) is 0 Å². The van der Waals surface area contributed by atoms with Gasteiger partial charge in [-0.15, -0.1) is 0 Å². The second-order valence-corrected chi connectivity index (χ2v) is 2.73. The Labute approximate surface area is 79.0 Å². The number of carboxylic acids is 1. The average Bonchev–Trinajstić information content (AvgIpc) is 2.56. The minimum absolute atomic E-state index is 0.00750. The third-order valence-electron chi connectivity index (χ3n) is 1.92. The third-order valence-corrected chi connectivity index (χ3v) is 1.92. The van der Waals surface area contributed by atoms with Gasteiger partial charge in [0.25, 0.3) is 0 Å². The van der Waals surface area contributed by atoms with E-state index >= 15 is 0 Å². The second kappa shape index (κ2) is 2.90. The van der Waals surface area contributed by atoms with E-state index in [0.717, 1.165) is 0 Å². The Bertz CT molecular complexity index is 499. The van der Waals surface area contributed by atoms with Gasteiger partial charge in [0.15, 0.2) is 0 Å². The van der Waals surface area contributed by atoms with Crippen LogP contribution in [0.1, 0.15) is 5.56 Å². The normalized spacial score (nSPS) is 13.1. The summed E-state index contributed by atoms with van der Waals surface area (Å²) in [6.07, 6.45) is 0. The van der Waals surface area contributed by atoms with Gasteiger partial charge in [0.1, 0.15) is 0 Å². The summed E-state index contributed by atoms with van der Waals surface area (Å²) in [5, 5.41) is 8.76. The molecule has 1 aromatic rings. The number of hydrogen-bond donors (Lipinski definition) is 1. The molecule has 1 heterocycles. The second-order valence-electron chi connectivity index (χ2n) is 2.73.